The lowest BCUT2D eigenvalue weighted by atomic mass is 10.2. The van der Waals surface area contributed by atoms with E-state index in [4.69, 9.17) is 9.15 Å². The van der Waals surface area contributed by atoms with Crippen molar-refractivity contribution >= 4 is 6.09 Å². The first kappa shape index (κ1) is 16.8. The molecule has 6 nitrogen and oxygen atoms in total. The van der Waals surface area contributed by atoms with Crippen molar-refractivity contribution < 1.29 is 13.9 Å². The lowest BCUT2D eigenvalue weighted by Crippen LogP contribution is -2.54. The molecule has 0 bridgehead atoms. The third-order valence-corrected chi connectivity index (χ3v) is 3.77. The summed E-state index contributed by atoms with van der Waals surface area (Å²) in [4.78, 5) is 20.7. The van der Waals surface area contributed by atoms with Gasteiger partial charge in [-0.15, -0.1) is 0 Å². The summed E-state index contributed by atoms with van der Waals surface area (Å²) in [6.07, 6.45) is -0.234. The smallest absolute Gasteiger partial charge is 0.410 e. The Hall–Kier alpha value is -1.56. The molecule has 0 aliphatic carbocycles. The molecule has 1 aromatic rings. The average molecular weight is 309 g/mol. The molecule has 22 heavy (non-hydrogen) atoms. The van der Waals surface area contributed by atoms with Crippen molar-refractivity contribution in [2.24, 2.45) is 0 Å². The van der Waals surface area contributed by atoms with Crippen LogP contribution in [0.5, 0.6) is 0 Å². The fourth-order valence-electron chi connectivity index (χ4n) is 2.57. The Kier molecular flexibility index (Phi) is 4.80. The van der Waals surface area contributed by atoms with Crippen LogP contribution in [0.15, 0.2) is 4.42 Å². The number of ether oxygens (including phenoxy) is 1. The summed E-state index contributed by atoms with van der Waals surface area (Å²) in [5.41, 5.74) is 0.483. The van der Waals surface area contributed by atoms with E-state index in [1.807, 2.05) is 41.5 Å². The normalized spacial score (nSPS) is 20.3. The van der Waals surface area contributed by atoms with Crippen LogP contribution in [0.25, 0.3) is 0 Å². The van der Waals surface area contributed by atoms with Crippen LogP contribution in [0, 0.1) is 13.8 Å². The molecule has 1 atom stereocenters. The number of carbonyl (C=O) groups excluding carboxylic acids is 1. The second-order valence-electron chi connectivity index (χ2n) is 7.01. The Balaban J connectivity index is 1.91. The van der Waals surface area contributed by atoms with Gasteiger partial charge in [-0.2, -0.15) is 0 Å². The van der Waals surface area contributed by atoms with E-state index in [9.17, 15) is 4.79 Å². The fourth-order valence-corrected chi connectivity index (χ4v) is 2.57. The van der Waals surface area contributed by atoms with Gasteiger partial charge in [0, 0.05) is 25.7 Å². The molecule has 1 amide bonds. The molecule has 2 heterocycles. The van der Waals surface area contributed by atoms with Gasteiger partial charge < -0.3 is 14.1 Å². The molecule has 1 saturated heterocycles. The highest BCUT2D eigenvalue weighted by Gasteiger charge is 2.31. The number of carbonyl (C=O) groups is 1. The molecule has 1 unspecified atom stereocenters. The lowest BCUT2D eigenvalue weighted by molar-refractivity contribution is -0.000277. The molecule has 1 aliphatic heterocycles. The summed E-state index contributed by atoms with van der Waals surface area (Å²) in [5.74, 6) is 1.61. The summed E-state index contributed by atoms with van der Waals surface area (Å²) in [6, 6.07) is 0.112. The molecule has 1 aromatic heterocycles. The number of hydrogen-bond donors (Lipinski definition) is 0. The minimum atomic E-state index is -0.457. The molecule has 6 heteroatoms. The summed E-state index contributed by atoms with van der Waals surface area (Å²) < 4.78 is 11.1. The van der Waals surface area contributed by atoms with E-state index < -0.39 is 5.60 Å². The quantitative estimate of drug-likeness (QED) is 0.840. The first-order chi connectivity index (χ1) is 10.2. The van der Waals surface area contributed by atoms with E-state index in [0.29, 0.717) is 13.1 Å². The summed E-state index contributed by atoms with van der Waals surface area (Å²) in [5, 5.41) is 0. The number of rotatable bonds is 2. The highest BCUT2D eigenvalue weighted by atomic mass is 16.6. The van der Waals surface area contributed by atoms with Crippen LogP contribution >= 0.6 is 0 Å². The zero-order valence-corrected chi connectivity index (χ0v) is 14.5. The molecule has 0 aromatic carbocycles. The molecule has 0 saturated carbocycles. The van der Waals surface area contributed by atoms with Gasteiger partial charge in [-0.3, -0.25) is 4.90 Å². The largest absolute Gasteiger partial charge is 0.444 e. The Morgan fingerprint density at radius 2 is 2.05 bits per heavy atom. The number of amides is 1. The van der Waals surface area contributed by atoms with Crippen molar-refractivity contribution in [2.75, 3.05) is 19.6 Å². The molecular weight excluding hydrogens is 282 g/mol. The van der Waals surface area contributed by atoms with Crippen LogP contribution in [0.1, 0.15) is 45.0 Å². The predicted molar refractivity (Wildman–Crippen MR) is 83.7 cm³/mol. The van der Waals surface area contributed by atoms with Gasteiger partial charge in [0.2, 0.25) is 5.89 Å². The van der Waals surface area contributed by atoms with E-state index in [1.54, 1.807) is 4.90 Å². The number of aryl methyl sites for hydroxylation is 2. The second kappa shape index (κ2) is 6.28. The van der Waals surface area contributed by atoms with Crippen LogP contribution in [-0.2, 0) is 11.3 Å². The molecule has 0 spiro atoms. The van der Waals surface area contributed by atoms with Crippen LogP contribution in [-0.4, -0.2) is 52.2 Å². The van der Waals surface area contributed by atoms with E-state index in [-0.39, 0.29) is 12.1 Å². The van der Waals surface area contributed by atoms with Gasteiger partial charge in [-0.1, -0.05) is 0 Å². The van der Waals surface area contributed by atoms with Crippen molar-refractivity contribution in [3.05, 3.63) is 17.3 Å². The number of aromatic nitrogens is 1. The van der Waals surface area contributed by atoms with Gasteiger partial charge in [0.1, 0.15) is 11.4 Å². The average Bonchev–Trinajstić information content (AvgIpc) is 2.65. The number of piperazine rings is 1. The fraction of sp³-hybridized carbons (Fsp3) is 0.750. The topological polar surface area (TPSA) is 58.8 Å². The maximum Gasteiger partial charge on any atom is 0.410 e. The Morgan fingerprint density at radius 1 is 1.36 bits per heavy atom. The molecule has 0 radical (unpaired) electrons. The van der Waals surface area contributed by atoms with Gasteiger partial charge >= 0.3 is 6.09 Å². The molecule has 1 aliphatic rings. The standard InChI is InChI=1S/C16H27N3O3/c1-11-9-18(10-14-17-12(2)13(3)21-14)7-8-19(11)15(20)22-16(4,5)6/h11H,7-10H2,1-6H3. The Morgan fingerprint density at radius 3 is 2.55 bits per heavy atom. The molecule has 124 valence electrons. The zero-order chi connectivity index (χ0) is 16.5. The van der Waals surface area contributed by atoms with Crippen LogP contribution in [0.4, 0.5) is 4.79 Å². The first-order valence-corrected chi connectivity index (χ1v) is 7.80. The minimum Gasteiger partial charge on any atom is -0.444 e. The number of hydrogen-bond acceptors (Lipinski definition) is 5. The Bertz CT molecular complexity index is 514. The van der Waals surface area contributed by atoms with Crippen molar-refractivity contribution in [1.29, 1.82) is 0 Å². The lowest BCUT2D eigenvalue weighted by Gasteiger charge is -2.39. The van der Waals surface area contributed by atoms with Gasteiger partial charge in [0.15, 0.2) is 0 Å². The van der Waals surface area contributed by atoms with Gasteiger partial charge in [-0.05, 0) is 41.5 Å². The molecule has 1 fully saturated rings. The highest BCUT2D eigenvalue weighted by Crippen LogP contribution is 2.18. The van der Waals surface area contributed by atoms with Crippen molar-refractivity contribution in [2.45, 2.75) is 59.7 Å². The predicted octanol–water partition coefficient (Wildman–Crippen LogP) is 2.73. The summed E-state index contributed by atoms with van der Waals surface area (Å²) >= 11 is 0. The van der Waals surface area contributed by atoms with Crippen LogP contribution < -0.4 is 0 Å². The first-order valence-electron chi connectivity index (χ1n) is 7.80. The van der Waals surface area contributed by atoms with E-state index in [1.165, 1.54) is 0 Å². The van der Waals surface area contributed by atoms with Crippen molar-refractivity contribution in [3.63, 3.8) is 0 Å². The van der Waals surface area contributed by atoms with Crippen molar-refractivity contribution in [1.82, 2.24) is 14.8 Å². The maximum absolute atomic E-state index is 12.2. The summed E-state index contributed by atoms with van der Waals surface area (Å²) in [7, 11) is 0. The number of oxazole rings is 1. The van der Waals surface area contributed by atoms with Gasteiger partial charge in [0.05, 0.1) is 12.2 Å². The summed E-state index contributed by atoms with van der Waals surface area (Å²) in [6.45, 7) is 14.5. The maximum atomic E-state index is 12.2. The second-order valence-corrected chi connectivity index (χ2v) is 7.01. The van der Waals surface area contributed by atoms with E-state index >= 15 is 0 Å². The third-order valence-electron chi connectivity index (χ3n) is 3.77. The zero-order valence-electron chi connectivity index (χ0n) is 14.5. The number of nitrogens with zero attached hydrogens (tertiary/aromatic N) is 3. The van der Waals surface area contributed by atoms with Gasteiger partial charge in [-0.25, -0.2) is 9.78 Å². The monoisotopic (exact) mass is 309 g/mol. The molecule has 0 N–H and O–H groups in total. The molecule has 2 rings (SSSR count). The molecular formula is C16H27N3O3. The minimum absolute atomic E-state index is 0.112. The third kappa shape index (κ3) is 4.22. The van der Waals surface area contributed by atoms with Gasteiger partial charge in [0.25, 0.3) is 0 Å². The van der Waals surface area contributed by atoms with E-state index in [2.05, 4.69) is 9.88 Å². The van der Waals surface area contributed by atoms with Crippen LogP contribution in [0.3, 0.4) is 0 Å². The van der Waals surface area contributed by atoms with Crippen LogP contribution in [0.2, 0.25) is 0 Å². The Labute approximate surface area is 132 Å². The van der Waals surface area contributed by atoms with E-state index in [0.717, 1.165) is 30.4 Å². The highest BCUT2D eigenvalue weighted by molar-refractivity contribution is 5.68. The van der Waals surface area contributed by atoms with Crippen molar-refractivity contribution in [3.8, 4) is 0 Å². The SMILES string of the molecule is Cc1nc(CN2CCN(C(=O)OC(C)(C)C)C(C)C2)oc1C.